The fourth-order valence-electron chi connectivity index (χ4n) is 1.58. The first-order valence-electron chi connectivity index (χ1n) is 5.72. The van der Waals surface area contributed by atoms with Crippen LogP contribution in [0.5, 0.6) is 5.88 Å². The van der Waals surface area contributed by atoms with Crippen LogP contribution in [0.1, 0.15) is 37.2 Å². The second-order valence-corrected chi connectivity index (χ2v) is 4.08. The number of carbonyl (C=O) groups is 1. The standard InChI is InChI=1S/C11H17N3O2/c1-3-8(2)12-11(15)9-7-10-14(13-9)5-4-6-16-10/h7-8H,3-6H2,1-2H3,(H,12,15). The first-order valence-corrected chi connectivity index (χ1v) is 5.72. The van der Waals surface area contributed by atoms with Gasteiger partial charge in [-0.2, -0.15) is 5.10 Å². The molecule has 0 fully saturated rings. The number of amides is 1. The first-order chi connectivity index (χ1) is 7.70. The van der Waals surface area contributed by atoms with Crippen LogP contribution in [0, 0.1) is 0 Å². The third-order valence-electron chi connectivity index (χ3n) is 2.73. The van der Waals surface area contributed by atoms with Crippen LogP contribution >= 0.6 is 0 Å². The van der Waals surface area contributed by atoms with Crippen LogP contribution in [0.2, 0.25) is 0 Å². The Kier molecular flexibility index (Phi) is 3.12. The maximum Gasteiger partial charge on any atom is 0.272 e. The van der Waals surface area contributed by atoms with Crippen molar-refractivity contribution in [1.29, 1.82) is 0 Å². The van der Waals surface area contributed by atoms with Gasteiger partial charge in [-0.3, -0.25) is 4.79 Å². The molecule has 0 saturated heterocycles. The van der Waals surface area contributed by atoms with Crippen LogP contribution in [0.15, 0.2) is 6.07 Å². The Morgan fingerprint density at radius 3 is 3.25 bits per heavy atom. The topological polar surface area (TPSA) is 56.2 Å². The number of hydrogen-bond acceptors (Lipinski definition) is 3. The molecule has 0 radical (unpaired) electrons. The highest BCUT2D eigenvalue weighted by molar-refractivity contribution is 5.92. The third kappa shape index (κ3) is 2.18. The Balaban J connectivity index is 2.09. The molecule has 0 spiro atoms. The molecule has 5 heteroatoms. The number of ether oxygens (including phenoxy) is 1. The van der Waals surface area contributed by atoms with Gasteiger partial charge in [0.15, 0.2) is 5.69 Å². The lowest BCUT2D eigenvalue weighted by molar-refractivity contribution is 0.0933. The molecule has 2 heterocycles. The molecule has 0 saturated carbocycles. The van der Waals surface area contributed by atoms with E-state index >= 15 is 0 Å². The van der Waals surface area contributed by atoms with Crippen molar-refractivity contribution in [3.05, 3.63) is 11.8 Å². The first kappa shape index (κ1) is 11.0. The van der Waals surface area contributed by atoms with Gasteiger partial charge in [0.05, 0.1) is 6.61 Å². The number of nitrogens with zero attached hydrogens (tertiary/aromatic N) is 2. The molecule has 16 heavy (non-hydrogen) atoms. The summed E-state index contributed by atoms with van der Waals surface area (Å²) < 4.78 is 7.15. The molecule has 5 nitrogen and oxygen atoms in total. The van der Waals surface area contributed by atoms with Crippen LogP contribution in [0.3, 0.4) is 0 Å². The summed E-state index contributed by atoms with van der Waals surface area (Å²) in [5.41, 5.74) is 0.442. The van der Waals surface area contributed by atoms with Gasteiger partial charge in [0.2, 0.25) is 5.88 Å². The molecule has 1 N–H and O–H groups in total. The van der Waals surface area contributed by atoms with Gasteiger partial charge in [-0.25, -0.2) is 4.68 Å². The summed E-state index contributed by atoms with van der Waals surface area (Å²) in [7, 11) is 0. The van der Waals surface area contributed by atoms with Crippen LogP contribution in [0.25, 0.3) is 0 Å². The summed E-state index contributed by atoms with van der Waals surface area (Å²) in [5, 5.41) is 7.10. The maximum atomic E-state index is 11.8. The van der Waals surface area contributed by atoms with Crippen molar-refractivity contribution < 1.29 is 9.53 Å². The van der Waals surface area contributed by atoms with E-state index in [4.69, 9.17) is 4.74 Å². The molecule has 0 bridgehead atoms. The summed E-state index contributed by atoms with van der Waals surface area (Å²) in [6, 6.07) is 1.88. The second kappa shape index (κ2) is 4.55. The summed E-state index contributed by atoms with van der Waals surface area (Å²) in [5.74, 6) is 0.570. The number of fused-ring (bicyclic) bond motifs is 1. The highest BCUT2D eigenvalue weighted by Gasteiger charge is 2.18. The minimum Gasteiger partial charge on any atom is -0.478 e. The van der Waals surface area contributed by atoms with Gasteiger partial charge in [0, 0.05) is 25.1 Å². The molecule has 1 aliphatic heterocycles. The van der Waals surface area contributed by atoms with E-state index in [-0.39, 0.29) is 11.9 Å². The molecule has 1 aromatic heterocycles. The Bertz CT molecular complexity index is 363. The van der Waals surface area contributed by atoms with Crippen molar-refractivity contribution in [2.75, 3.05) is 6.61 Å². The van der Waals surface area contributed by atoms with Gasteiger partial charge in [-0.05, 0) is 13.3 Å². The monoisotopic (exact) mass is 223 g/mol. The number of hydrogen-bond donors (Lipinski definition) is 1. The van der Waals surface area contributed by atoms with Gasteiger partial charge in [0.1, 0.15) is 0 Å². The lowest BCUT2D eigenvalue weighted by Gasteiger charge is -2.13. The number of nitrogens with one attached hydrogen (secondary N) is 1. The van der Waals surface area contributed by atoms with E-state index in [9.17, 15) is 4.79 Å². The fraction of sp³-hybridized carbons (Fsp3) is 0.636. The summed E-state index contributed by atoms with van der Waals surface area (Å²) >= 11 is 0. The smallest absolute Gasteiger partial charge is 0.272 e. The molecule has 1 amide bonds. The van der Waals surface area contributed by atoms with Crippen LogP contribution in [0.4, 0.5) is 0 Å². The van der Waals surface area contributed by atoms with Crippen molar-refractivity contribution in [3.63, 3.8) is 0 Å². The van der Waals surface area contributed by atoms with Crippen molar-refractivity contribution in [3.8, 4) is 5.88 Å². The molecule has 0 aliphatic carbocycles. The quantitative estimate of drug-likeness (QED) is 0.837. The van der Waals surface area contributed by atoms with Crippen LogP contribution in [-0.4, -0.2) is 28.3 Å². The normalized spacial score (nSPS) is 16.1. The summed E-state index contributed by atoms with van der Waals surface area (Å²) in [6.45, 7) is 5.54. The molecular weight excluding hydrogens is 206 g/mol. The number of aromatic nitrogens is 2. The van der Waals surface area contributed by atoms with Crippen LogP contribution in [-0.2, 0) is 6.54 Å². The van der Waals surface area contributed by atoms with Gasteiger partial charge in [-0.1, -0.05) is 6.92 Å². The van der Waals surface area contributed by atoms with E-state index in [1.807, 2.05) is 13.8 Å². The van der Waals surface area contributed by atoms with Gasteiger partial charge in [-0.15, -0.1) is 0 Å². The Morgan fingerprint density at radius 2 is 2.56 bits per heavy atom. The molecule has 1 unspecified atom stereocenters. The molecule has 1 atom stereocenters. The van der Waals surface area contributed by atoms with Crippen molar-refractivity contribution in [2.24, 2.45) is 0 Å². The highest BCUT2D eigenvalue weighted by atomic mass is 16.5. The number of aryl methyl sites for hydroxylation is 1. The van der Waals surface area contributed by atoms with E-state index in [1.165, 1.54) is 0 Å². The second-order valence-electron chi connectivity index (χ2n) is 4.08. The lowest BCUT2D eigenvalue weighted by Crippen LogP contribution is -2.32. The average molecular weight is 223 g/mol. The van der Waals surface area contributed by atoms with Crippen molar-refractivity contribution >= 4 is 5.91 Å². The zero-order chi connectivity index (χ0) is 11.5. The van der Waals surface area contributed by atoms with E-state index < -0.39 is 0 Å². The molecule has 1 aromatic rings. The molecule has 88 valence electrons. The lowest BCUT2D eigenvalue weighted by atomic mass is 10.2. The zero-order valence-electron chi connectivity index (χ0n) is 9.69. The predicted octanol–water partition coefficient (Wildman–Crippen LogP) is 1.19. The summed E-state index contributed by atoms with van der Waals surface area (Å²) in [4.78, 5) is 11.8. The molecular formula is C11H17N3O2. The summed E-state index contributed by atoms with van der Waals surface area (Å²) in [6.07, 6.45) is 1.86. The SMILES string of the molecule is CCC(C)NC(=O)c1cc2n(n1)CCCO2. The Labute approximate surface area is 94.8 Å². The maximum absolute atomic E-state index is 11.8. The molecule has 1 aliphatic rings. The molecule has 0 aromatic carbocycles. The third-order valence-corrected chi connectivity index (χ3v) is 2.73. The molecule has 2 rings (SSSR count). The number of carbonyl (C=O) groups excluding carboxylic acids is 1. The van der Waals surface area contributed by atoms with E-state index in [0.717, 1.165) is 19.4 Å². The van der Waals surface area contributed by atoms with Gasteiger partial charge in [0.25, 0.3) is 5.91 Å². The Morgan fingerprint density at radius 1 is 1.75 bits per heavy atom. The van der Waals surface area contributed by atoms with Crippen LogP contribution < -0.4 is 10.1 Å². The number of rotatable bonds is 3. The van der Waals surface area contributed by atoms with Gasteiger partial charge < -0.3 is 10.1 Å². The van der Waals surface area contributed by atoms with Gasteiger partial charge >= 0.3 is 0 Å². The highest BCUT2D eigenvalue weighted by Crippen LogP contribution is 2.18. The largest absolute Gasteiger partial charge is 0.478 e. The average Bonchev–Trinajstić information content (AvgIpc) is 2.72. The predicted molar refractivity (Wildman–Crippen MR) is 59.6 cm³/mol. The zero-order valence-corrected chi connectivity index (χ0v) is 9.69. The van der Waals surface area contributed by atoms with E-state index in [1.54, 1.807) is 10.7 Å². The fourth-order valence-corrected chi connectivity index (χ4v) is 1.58. The minimum absolute atomic E-state index is 0.125. The van der Waals surface area contributed by atoms with E-state index in [0.29, 0.717) is 18.2 Å². The van der Waals surface area contributed by atoms with Crippen molar-refractivity contribution in [2.45, 2.75) is 39.3 Å². The van der Waals surface area contributed by atoms with Crippen molar-refractivity contribution in [1.82, 2.24) is 15.1 Å². The minimum atomic E-state index is -0.125. The van der Waals surface area contributed by atoms with E-state index in [2.05, 4.69) is 10.4 Å². The Hall–Kier alpha value is -1.52.